The first kappa shape index (κ1) is 18.7. The predicted molar refractivity (Wildman–Crippen MR) is 97.9 cm³/mol. The van der Waals surface area contributed by atoms with Crippen LogP contribution in [0.5, 0.6) is 5.75 Å². The molecule has 1 saturated heterocycles. The molecule has 0 aliphatic carbocycles. The predicted octanol–water partition coefficient (Wildman–Crippen LogP) is 0.939. The maximum Gasteiger partial charge on any atom is 0.318 e. The van der Waals surface area contributed by atoms with Gasteiger partial charge in [0, 0.05) is 26.7 Å². The molecule has 1 N–H and O–H groups in total. The Morgan fingerprint density at radius 1 is 1.37 bits per heavy atom. The van der Waals surface area contributed by atoms with Crippen molar-refractivity contribution < 1.29 is 14.3 Å². The van der Waals surface area contributed by atoms with Crippen LogP contribution in [0.2, 0.25) is 0 Å². The molecule has 9 heteroatoms. The lowest BCUT2D eigenvalue weighted by molar-refractivity contribution is -0.135. The van der Waals surface area contributed by atoms with Crippen LogP contribution in [0, 0.1) is 0 Å². The van der Waals surface area contributed by atoms with Gasteiger partial charge < -0.3 is 19.9 Å². The highest BCUT2D eigenvalue weighted by Crippen LogP contribution is 2.16. The van der Waals surface area contributed by atoms with Gasteiger partial charge in [-0.1, -0.05) is 12.1 Å². The standard InChI is InChI=1S/C18H24N6O3/c1-13(17-19-12-20-22(17)2)21-18(26)24-8-7-23(16(25)11-24)10-14-5-4-6-15(9-14)27-3/h4-6,9,12-13H,7-8,10-11H2,1-3H3,(H,21,26). The number of nitrogens with one attached hydrogen (secondary N) is 1. The molecule has 9 nitrogen and oxygen atoms in total. The van der Waals surface area contributed by atoms with Crippen LogP contribution in [0.3, 0.4) is 0 Å². The second-order valence-electron chi connectivity index (χ2n) is 6.50. The van der Waals surface area contributed by atoms with E-state index in [1.807, 2.05) is 31.2 Å². The normalized spacial score (nSPS) is 15.6. The highest BCUT2D eigenvalue weighted by molar-refractivity contribution is 5.85. The summed E-state index contributed by atoms with van der Waals surface area (Å²) in [6.07, 6.45) is 1.44. The van der Waals surface area contributed by atoms with Crippen molar-refractivity contribution in [3.05, 3.63) is 42.0 Å². The smallest absolute Gasteiger partial charge is 0.318 e. The number of urea groups is 1. The van der Waals surface area contributed by atoms with Gasteiger partial charge in [0.15, 0.2) is 0 Å². The Morgan fingerprint density at radius 2 is 2.19 bits per heavy atom. The molecule has 0 bridgehead atoms. The van der Waals surface area contributed by atoms with Gasteiger partial charge in [-0.25, -0.2) is 9.78 Å². The van der Waals surface area contributed by atoms with Crippen molar-refractivity contribution in [1.29, 1.82) is 0 Å². The van der Waals surface area contributed by atoms with Gasteiger partial charge in [-0.05, 0) is 24.6 Å². The molecule has 1 aliphatic rings. The highest BCUT2D eigenvalue weighted by atomic mass is 16.5. The first-order chi connectivity index (χ1) is 13.0. The largest absolute Gasteiger partial charge is 0.497 e. The van der Waals surface area contributed by atoms with Crippen molar-refractivity contribution in [2.45, 2.75) is 19.5 Å². The van der Waals surface area contributed by atoms with E-state index < -0.39 is 0 Å². The van der Waals surface area contributed by atoms with Gasteiger partial charge >= 0.3 is 6.03 Å². The van der Waals surface area contributed by atoms with Crippen LogP contribution in [0.4, 0.5) is 4.79 Å². The summed E-state index contributed by atoms with van der Waals surface area (Å²) in [5.74, 6) is 1.34. The number of nitrogens with zero attached hydrogens (tertiary/aromatic N) is 5. The number of carbonyl (C=O) groups is 2. The molecule has 1 unspecified atom stereocenters. The third-order valence-corrected chi connectivity index (χ3v) is 4.59. The zero-order valence-electron chi connectivity index (χ0n) is 15.8. The molecule has 2 heterocycles. The Labute approximate surface area is 157 Å². The molecular weight excluding hydrogens is 348 g/mol. The molecular formula is C18H24N6O3. The monoisotopic (exact) mass is 372 g/mol. The van der Waals surface area contributed by atoms with E-state index in [-0.39, 0.29) is 24.5 Å². The summed E-state index contributed by atoms with van der Waals surface area (Å²) in [4.78, 5) is 32.4. The van der Waals surface area contributed by atoms with E-state index in [1.165, 1.54) is 11.2 Å². The van der Waals surface area contributed by atoms with Crippen LogP contribution in [-0.2, 0) is 18.4 Å². The van der Waals surface area contributed by atoms with Gasteiger partial charge in [0.25, 0.3) is 0 Å². The first-order valence-electron chi connectivity index (χ1n) is 8.78. The Balaban J connectivity index is 1.55. The average Bonchev–Trinajstić information content (AvgIpc) is 3.09. The lowest BCUT2D eigenvalue weighted by Gasteiger charge is -2.34. The molecule has 0 spiro atoms. The van der Waals surface area contributed by atoms with E-state index in [1.54, 1.807) is 23.7 Å². The number of piperazine rings is 1. The Morgan fingerprint density at radius 3 is 2.85 bits per heavy atom. The Hall–Kier alpha value is -3.10. The molecule has 3 amide bonds. The number of ether oxygens (including phenoxy) is 1. The Kier molecular flexibility index (Phi) is 5.58. The summed E-state index contributed by atoms with van der Waals surface area (Å²) in [6.45, 7) is 3.36. The fraction of sp³-hybridized carbons (Fsp3) is 0.444. The maximum atomic E-state index is 12.5. The fourth-order valence-corrected chi connectivity index (χ4v) is 3.08. The molecule has 1 aromatic carbocycles. The molecule has 1 aliphatic heterocycles. The average molecular weight is 372 g/mol. The van der Waals surface area contributed by atoms with Gasteiger partial charge in [-0.15, -0.1) is 0 Å². The molecule has 27 heavy (non-hydrogen) atoms. The number of carbonyl (C=O) groups excluding carboxylic acids is 2. The summed E-state index contributed by atoms with van der Waals surface area (Å²) in [5.41, 5.74) is 0.997. The SMILES string of the molecule is COc1cccc(CN2CCN(C(=O)NC(C)c3ncnn3C)CC2=O)c1. The molecule has 0 saturated carbocycles. The lowest BCUT2D eigenvalue weighted by Crippen LogP contribution is -2.54. The van der Waals surface area contributed by atoms with Gasteiger partial charge in [0.1, 0.15) is 24.4 Å². The van der Waals surface area contributed by atoms with E-state index in [9.17, 15) is 9.59 Å². The van der Waals surface area contributed by atoms with E-state index in [4.69, 9.17) is 4.74 Å². The topological polar surface area (TPSA) is 92.6 Å². The highest BCUT2D eigenvalue weighted by Gasteiger charge is 2.28. The summed E-state index contributed by atoms with van der Waals surface area (Å²) in [5, 5.41) is 6.87. The van der Waals surface area contributed by atoms with E-state index >= 15 is 0 Å². The fourth-order valence-electron chi connectivity index (χ4n) is 3.08. The van der Waals surface area contributed by atoms with E-state index in [0.717, 1.165) is 11.3 Å². The number of aryl methyl sites for hydroxylation is 1. The van der Waals surface area contributed by atoms with Crippen LogP contribution < -0.4 is 10.1 Å². The van der Waals surface area contributed by atoms with Crippen molar-refractivity contribution in [3.63, 3.8) is 0 Å². The summed E-state index contributed by atoms with van der Waals surface area (Å²) >= 11 is 0. The van der Waals surface area contributed by atoms with Crippen LogP contribution >= 0.6 is 0 Å². The van der Waals surface area contributed by atoms with Crippen molar-refractivity contribution in [3.8, 4) is 5.75 Å². The minimum atomic E-state index is -0.296. The number of rotatable bonds is 5. The van der Waals surface area contributed by atoms with Crippen molar-refractivity contribution in [1.82, 2.24) is 29.9 Å². The summed E-state index contributed by atoms with van der Waals surface area (Å²) in [6, 6.07) is 7.06. The molecule has 0 radical (unpaired) electrons. The lowest BCUT2D eigenvalue weighted by atomic mass is 10.2. The number of aromatic nitrogens is 3. The minimum absolute atomic E-state index is 0.0569. The van der Waals surface area contributed by atoms with Crippen molar-refractivity contribution >= 4 is 11.9 Å². The zero-order chi connectivity index (χ0) is 19.4. The maximum absolute atomic E-state index is 12.5. The summed E-state index contributed by atoms with van der Waals surface area (Å²) < 4.78 is 6.83. The van der Waals surface area contributed by atoms with Gasteiger partial charge in [-0.3, -0.25) is 9.48 Å². The number of hydrogen-bond acceptors (Lipinski definition) is 5. The quantitative estimate of drug-likeness (QED) is 0.843. The first-order valence-corrected chi connectivity index (χ1v) is 8.78. The third-order valence-electron chi connectivity index (χ3n) is 4.59. The number of benzene rings is 1. The second kappa shape index (κ2) is 8.07. The van der Waals surface area contributed by atoms with Gasteiger partial charge in [-0.2, -0.15) is 5.10 Å². The van der Waals surface area contributed by atoms with Crippen LogP contribution in [0.1, 0.15) is 24.4 Å². The van der Waals surface area contributed by atoms with Crippen molar-refractivity contribution in [2.75, 3.05) is 26.7 Å². The Bertz CT molecular complexity index is 821. The number of amides is 3. The number of methoxy groups -OCH3 is 1. The molecule has 3 rings (SSSR count). The van der Waals surface area contributed by atoms with E-state index in [0.29, 0.717) is 25.5 Å². The molecule has 1 atom stereocenters. The van der Waals surface area contributed by atoms with Crippen LogP contribution in [0.15, 0.2) is 30.6 Å². The molecule has 2 aromatic rings. The number of hydrogen-bond donors (Lipinski definition) is 1. The molecule has 1 aromatic heterocycles. The summed E-state index contributed by atoms with van der Waals surface area (Å²) in [7, 11) is 3.38. The molecule has 1 fully saturated rings. The molecule has 144 valence electrons. The van der Waals surface area contributed by atoms with Gasteiger partial charge in [0.05, 0.1) is 13.2 Å². The van der Waals surface area contributed by atoms with Crippen molar-refractivity contribution in [2.24, 2.45) is 7.05 Å². The van der Waals surface area contributed by atoms with E-state index in [2.05, 4.69) is 15.4 Å². The van der Waals surface area contributed by atoms with Gasteiger partial charge in [0.2, 0.25) is 5.91 Å². The van der Waals surface area contributed by atoms with Crippen LogP contribution in [0.25, 0.3) is 0 Å². The zero-order valence-corrected chi connectivity index (χ0v) is 15.8. The third kappa shape index (κ3) is 4.36. The minimum Gasteiger partial charge on any atom is -0.497 e. The van der Waals surface area contributed by atoms with Crippen LogP contribution in [-0.4, -0.2) is 63.2 Å². The second-order valence-corrected chi connectivity index (χ2v) is 6.50.